The van der Waals surface area contributed by atoms with Crippen LogP contribution in [0.2, 0.25) is 36.3 Å². The molecule has 4 aliphatic rings. The summed E-state index contributed by atoms with van der Waals surface area (Å²) >= 11 is 0. The number of Topliss-reactive ketones (excluding diaryl/α,β-unsaturated/α-hetero) is 2. The number of hydrogen-bond acceptors (Lipinski definition) is 12. The fourth-order valence-electron chi connectivity index (χ4n) is 13.0. The van der Waals surface area contributed by atoms with Crippen molar-refractivity contribution in [2.45, 2.75) is 251 Å². The van der Waals surface area contributed by atoms with E-state index in [1.165, 1.54) is 4.90 Å². The molecule has 14 atom stereocenters. The molecule has 1 N–H and O–H groups in total. The highest BCUT2D eigenvalue weighted by Crippen LogP contribution is 2.46. The number of fused-ring (bicyclic) bond motifs is 3. The van der Waals surface area contributed by atoms with Crippen molar-refractivity contribution in [1.29, 1.82) is 0 Å². The first-order valence-corrected chi connectivity index (χ1v) is 33.6. The van der Waals surface area contributed by atoms with E-state index in [2.05, 4.69) is 74.1 Å². The molecular weight excluding hydrogens is 959 g/mol. The highest BCUT2D eigenvalue weighted by molar-refractivity contribution is 6.74. The van der Waals surface area contributed by atoms with Crippen LogP contribution < -0.4 is 0 Å². The fourth-order valence-corrected chi connectivity index (χ4v) is 18.9. The van der Waals surface area contributed by atoms with E-state index in [4.69, 9.17) is 32.5 Å². The van der Waals surface area contributed by atoms with E-state index < -0.39 is 93.9 Å². The van der Waals surface area contributed by atoms with E-state index in [1.54, 1.807) is 28.3 Å². The van der Waals surface area contributed by atoms with Gasteiger partial charge in [-0.2, -0.15) is 0 Å². The van der Waals surface area contributed by atoms with Crippen LogP contribution in [0.15, 0.2) is 36.0 Å². The number of hydrogen-bond donors (Lipinski definition) is 1. The van der Waals surface area contributed by atoms with E-state index >= 15 is 4.79 Å². The molecule has 2 bridgehead atoms. The Balaban J connectivity index is 1.94. The van der Waals surface area contributed by atoms with Crippen LogP contribution in [0.4, 0.5) is 0 Å². The molecule has 2 saturated heterocycles. The Morgan fingerprint density at radius 2 is 1.38 bits per heavy atom. The number of rotatable bonds is 18. The molecule has 4 rings (SSSR count). The van der Waals surface area contributed by atoms with Crippen molar-refractivity contribution in [3.63, 3.8) is 0 Å². The van der Waals surface area contributed by atoms with Gasteiger partial charge in [0, 0.05) is 52.0 Å². The van der Waals surface area contributed by atoms with Gasteiger partial charge in [-0.15, -0.1) is 6.58 Å². The lowest BCUT2D eigenvalue weighted by molar-refractivity contribution is -0.302. The lowest BCUT2D eigenvalue weighted by atomic mass is 9.68. The number of ketones is 2. The predicted molar refractivity (Wildman–Crippen MR) is 294 cm³/mol. The highest BCUT2D eigenvalue weighted by Gasteiger charge is 2.57. The number of methoxy groups -OCH3 is 3. The van der Waals surface area contributed by atoms with Crippen molar-refractivity contribution in [3.05, 3.63) is 36.0 Å². The number of aliphatic hydroxyl groups is 1. The summed E-state index contributed by atoms with van der Waals surface area (Å²) in [5.41, 5.74) is 1.48. The number of nitrogens with zero attached hydrogens (tertiary/aromatic N) is 1. The lowest BCUT2D eigenvalue weighted by Crippen LogP contribution is -2.64. The van der Waals surface area contributed by atoms with E-state index in [-0.39, 0.29) is 55.6 Å². The van der Waals surface area contributed by atoms with Crippen molar-refractivity contribution in [2.24, 2.45) is 29.1 Å². The number of esters is 1. The summed E-state index contributed by atoms with van der Waals surface area (Å²) in [5, 5.41) is 12.3. The zero-order valence-corrected chi connectivity index (χ0v) is 50.2. The molecule has 15 heteroatoms. The van der Waals surface area contributed by atoms with Crippen LogP contribution in [-0.4, -0.2) is 133 Å². The van der Waals surface area contributed by atoms with Gasteiger partial charge in [-0.1, -0.05) is 93.0 Å². The van der Waals surface area contributed by atoms with Crippen molar-refractivity contribution in [2.75, 3.05) is 27.9 Å². The predicted octanol–water partition coefficient (Wildman–Crippen LogP) is 11.5. The summed E-state index contributed by atoms with van der Waals surface area (Å²) in [6.07, 6.45) is 9.20. The Kier molecular flexibility index (Phi) is 24.5. The molecule has 3 aliphatic heterocycles. The Hall–Kier alpha value is -2.35. The minimum Gasteiger partial charge on any atom is -0.456 e. The van der Waals surface area contributed by atoms with Gasteiger partial charge in [-0.05, 0) is 138 Å². The summed E-state index contributed by atoms with van der Waals surface area (Å²) in [4.78, 5) is 60.8. The Morgan fingerprint density at radius 1 is 0.808 bits per heavy atom. The third-order valence-corrected chi connectivity index (χ3v) is 27.6. The molecule has 3 fully saturated rings. The maximum atomic E-state index is 15.2. The van der Waals surface area contributed by atoms with Gasteiger partial charge in [0.2, 0.25) is 5.79 Å². The maximum Gasteiger partial charge on any atom is 0.329 e. The fraction of sp³-hybridized carbons (Fsp3) is 0.828. The molecule has 0 aromatic heterocycles. The van der Waals surface area contributed by atoms with Gasteiger partial charge in [0.15, 0.2) is 16.6 Å². The molecule has 1 saturated carbocycles. The van der Waals surface area contributed by atoms with E-state index in [0.717, 1.165) is 60.3 Å². The summed E-state index contributed by atoms with van der Waals surface area (Å²) in [6.45, 7) is 29.6. The number of carbonyl (C=O) groups excluding carboxylic acids is 4. The summed E-state index contributed by atoms with van der Waals surface area (Å²) in [5.74, 6) is -6.81. The topological polar surface area (TPSA) is 156 Å². The van der Waals surface area contributed by atoms with Gasteiger partial charge in [-0.3, -0.25) is 14.4 Å². The minimum atomic E-state index is -2.50. The monoisotopic (exact) mass is 1060 g/mol. The maximum absolute atomic E-state index is 15.2. The van der Waals surface area contributed by atoms with Gasteiger partial charge >= 0.3 is 5.97 Å². The Morgan fingerprint density at radius 3 is 1.93 bits per heavy atom. The van der Waals surface area contributed by atoms with Crippen molar-refractivity contribution in [1.82, 2.24) is 4.90 Å². The minimum absolute atomic E-state index is 0.0354. The standard InChI is InChI=1S/C58H101NO12Si2/c1-17-29-57(30-28-47(51(38-57)67-16)70-72(19-3,20-4)21-5)37-41(11)52-43(13)48(71-73(22-6,23-7)24-8)36-46(60)44(18-2)33-39(9)32-40(10)34-49(65-14)53-50(66-15)35-42(12)58(64,69-53)54(61)55(62)59-31-26-25-27-45(59)56(63)68-52/h17,33,37,40,42-45,47-53,64H,1,18-32,34-36,38H2,2-16H3/b39-33+,41-37?/t40?,42?,43?,44?,45?,47-,48?,49?,50?,51?,52?,53?,57?,58?/m0/s1. The van der Waals surface area contributed by atoms with Crippen molar-refractivity contribution >= 4 is 40.1 Å². The number of ether oxygens (including phenoxy) is 5. The average molecular weight is 1060 g/mol. The summed E-state index contributed by atoms with van der Waals surface area (Å²) in [7, 11) is 0.568. The largest absolute Gasteiger partial charge is 0.456 e. The van der Waals surface area contributed by atoms with Crippen LogP contribution in [0.25, 0.3) is 0 Å². The smallest absolute Gasteiger partial charge is 0.329 e. The van der Waals surface area contributed by atoms with Crippen molar-refractivity contribution < 1.29 is 56.8 Å². The average Bonchev–Trinajstić information content (AvgIpc) is 3.39. The molecule has 0 spiro atoms. The van der Waals surface area contributed by atoms with E-state index in [0.29, 0.717) is 44.9 Å². The zero-order valence-electron chi connectivity index (χ0n) is 48.2. The van der Waals surface area contributed by atoms with Gasteiger partial charge in [0.05, 0.1) is 30.5 Å². The van der Waals surface area contributed by atoms with E-state index in [1.807, 2.05) is 26.8 Å². The lowest BCUT2D eigenvalue weighted by Gasteiger charge is -2.47. The molecule has 3 heterocycles. The van der Waals surface area contributed by atoms with Crippen LogP contribution >= 0.6 is 0 Å². The van der Waals surface area contributed by atoms with Crippen molar-refractivity contribution in [3.8, 4) is 0 Å². The molecule has 73 heavy (non-hydrogen) atoms. The highest BCUT2D eigenvalue weighted by atomic mass is 28.4. The number of piperidine rings is 1. The number of amides is 1. The summed E-state index contributed by atoms with van der Waals surface area (Å²) < 4.78 is 46.1. The number of allylic oxidation sites excluding steroid dienone is 4. The third kappa shape index (κ3) is 15.0. The second kappa shape index (κ2) is 28.3. The number of carbonyl (C=O) groups is 4. The third-order valence-electron chi connectivity index (χ3n) is 18.3. The first-order valence-electron chi connectivity index (χ1n) is 28.5. The Bertz CT molecular complexity index is 1870. The molecule has 13 nitrogen and oxygen atoms in total. The second-order valence-corrected chi connectivity index (χ2v) is 32.3. The van der Waals surface area contributed by atoms with Crippen LogP contribution in [-0.2, 0) is 51.7 Å². The molecule has 13 unspecified atom stereocenters. The first-order chi connectivity index (χ1) is 34.6. The normalized spacial score (nSPS) is 36.1. The van der Waals surface area contributed by atoms with E-state index in [9.17, 15) is 19.5 Å². The first kappa shape index (κ1) is 63.2. The second-order valence-electron chi connectivity index (χ2n) is 22.8. The van der Waals surface area contributed by atoms with Gasteiger partial charge in [-0.25, -0.2) is 4.79 Å². The molecule has 0 aromatic carbocycles. The molecular formula is C58H101NO12Si2. The van der Waals surface area contributed by atoms with Gasteiger partial charge < -0.3 is 42.5 Å². The van der Waals surface area contributed by atoms with Gasteiger partial charge in [0.1, 0.15) is 24.0 Å². The quantitative estimate of drug-likeness (QED) is 0.0601. The molecule has 1 aliphatic carbocycles. The Labute approximate surface area is 443 Å². The molecule has 0 aromatic rings. The molecule has 1 amide bonds. The van der Waals surface area contributed by atoms with Crippen LogP contribution in [0.1, 0.15) is 160 Å². The van der Waals surface area contributed by atoms with Gasteiger partial charge in [0.25, 0.3) is 11.7 Å². The summed E-state index contributed by atoms with van der Waals surface area (Å²) in [6, 6.07) is 4.62. The zero-order chi connectivity index (χ0) is 54.5. The SMILES string of the molecule is C=CCC1(C=C(C)C2OC(=O)C3CCCCN3C(=O)C(=O)C3(O)OC(C(OC)CC(C)C/C(C)=C/C(CC)C(=O)CC(O[Si](CC)(CC)CC)C2C)C(OC)CC3C)CC[C@H](O[Si](CC)(CC)CC)C(OC)C1. The number of cyclic esters (lactones) is 1. The molecule has 0 radical (unpaired) electrons. The molecule has 418 valence electrons. The van der Waals surface area contributed by atoms with Crippen LogP contribution in [0.3, 0.4) is 0 Å². The van der Waals surface area contributed by atoms with Crippen LogP contribution in [0.5, 0.6) is 0 Å². The van der Waals surface area contributed by atoms with Crippen LogP contribution in [0, 0.1) is 29.1 Å².